The summed E-state index contributed by atoms with van der Waals surface area (Å²) in [6, 6.07) is 0. The fraction of sp³-hybridized carbons (Fsp3) is 0.812. The topological polar surface area (TPSA) is 63.7 Å². The van der Waals surface area contributed by atoms with Crippen LogP contribution in [0.3, 0.4) is 0 Å². The molecule has 5 nitrogen and oxygen atoms in total. The molecule has 1 atom stereocenters. The Hall–Kier alpha value is -1.39. The van der Waals surface area contributed by atoms with Crippen LogP contribution in [0.2, 0.25) is 0 Å². The van der Waals surface area contributed by atoms with Crippen molar-refractivity contribution in [3.8, 4) is 0 Å². The summed E-state index contributed by atoms with van der Waals surface area (Å²) >= 11 is 0. The van der Waals surface area contributed by atoms with Crippen molar-refractivity contribution in [2.24, 2.45) is 16.7 Å². The molecule has 5 heteroatoms. The lowest BCUT2D eigenvalue weighted by Crippen LogP contribution is -2.42. The average Bonchev–Trinajstić information content (AvgIpc) is 2.29. The van der Waals surface area contributed by atoms with Crippen LogP contribution < -0.4 is 0 Å². The second-order valence-corrected chi connectivity index (χ2v) is 7.65. The Balaban J connectivity index is 5.22. The first-order valence-electron chi connectivity index (χ1n) is 7.35. The molecule has 0 spiro atoms. The Labute approximate surface area is 128 Å². The summed E-state index contributed by atoms with van der Waals surface area (Å²) < 4.78 is 0. The number of nitrogens with zero attached hydrogens (tertiary/aromatic N) is 1. The SMILES string of the molecule is CCC(=O)N(OC(=O)C(CC(C)(C)C)C(C)(C)C)C(C)=O. The molecule has 122 valence electrons. The van der Waals surface area contributed by atoms with E-state index in [-0.39, 0.29) is 17.3 Å². The van der Waals surface area contributed by atoms with E-state index in [0.29, 0.717) is 11.5 Å². The standard InChI is InChI=1S/C16H29NO4/c1-9-13(19)17(11(2)18)21-14(20)12(16(6,7)8)10-15(3,4)5/h12H,9-10H2,1-8H3. The molecule has 0 N–H and O–H groups in total. The van der Waals surface area contributed by atoms with Gasteiger partial charge in [-0.2, -0.15) is 0 Å². The van der Waals surface area contributed by atoms with E-state index in [0.717, 1.165) is 0 Å². The van der Waals surface area contributed by atoms with E-state index in [9.17, 15) is 14.4 Å². The van der Waals surface area contributed by atoms with Crippen molar-refractivity contribution in [1.82, 2.24) is 5.06 Å². The van der Waals surface area contributed by atoms with Gasteiger partial charge in [0.15, 0.2) is 0 Å². The predicted octanol–water partition coefficient (Wildman–Crippen LogP) is 3.33. The minimum absolute atomic E-state index is 0.0627. The Kier molecular flexibility index (Phi) is 6.58. The minimum Gasteiger partial charge on any atom is -0.330 e. The molecule has 0 fully saturated rings. The van der Waals surface area contributed by atoms with Gasteiger partial charge in [0.05, 0.1) is 5.92 Å². The second-order valence-electron chi connectivity index (χ2n) is 7.65. The van der Waals surface area contributed by atoms with Gasteiger partial charge in [-0.3, -0.25) is 9.59 Å². The highest BCUT2D eigenvalue weighted by molar-refractivity contribution is 5.94. The van der Waals surface area contributed by atoms with Crippen molar-refractivity contribution in [3.05, 3.63) is 0 Å². The van der Waals surface area contributed by atoms with Crippen LogP contribution in [0.5, 0.6) is 0 Å². The maximum Gasteiger partial charge on any atom is 0.336 e. The van der Waals surface area contributed by atoms with Gasteiger partial charge in [0, 0.05) is 13.3 Å². The summed E-state index contributed by atoms with van der Waals surface area (Å²) in [7, 11) is 0. The van der Waals surface area contributed by atoms with E-state index in [1.54, 1.807) is 6.92 Å². The summed E-state index contributed by atoms with van der Waals surface area (Å²) in [6.07, 6.45) is 0.716. The van der Waals surface area contributed by atoms with Gasteiger partial charge in [0.2, 0.25) is 0 Å². The smallest absolute Gasteiger partial charge is 0.330 e. The molecule has 0 aliphatic rings. The van der Waals surface area contributed by atoms with Crippen molar-refractivity contribution in [2.75, 3.05) is 0 Å². The van der Waals surface area contributed by atoms with Crippen LogP contribution in [0.25, 0.3) is 0 Å². The van der Waals surface area contributed by atoms with E-state index in [1.807, 2.05) is 41.5 Å². The number of hydrogen-bond acceptors (Lipinski definition) is 4. The summed E-state index contributed by atoms with van der Waals surface area (Å²) in [5, 5.41) is 0.573. The van der Waals surface area contributed by atoms with Crippen LogP contribution in [-0.2, 0) is 19.2 Å². The molecule has 2 amide bonds. The fourth-order valence-corrected chi connectivity index (χ4v) is 1.94. The normalized spacial score (nSPS) is 13.5. The molecule has 0 bridgehead atoms. The van der Waals surface area contributed by atoms with E-state index < -0.39 is 23.7 Å². The highest BCUT2D eigenvalue weighted by atomic mass is 16.7. The van der Waals surface area contributed by atoms with Gasteiger partial charge in [-0.05, 0) is 17.3 Å². The minimum atomic E-state index is -0.585. The highest BCUT2D eigenvalue weighted by Gasteiger charge is 2.38. The van der Waals surface area contributed by atoms with Gasteiger partial charge in [-0.25, -0.2) is 4.79 Å². The number of carbonyl (C=O) groups excluding carboxylic acids is 3. The number of carbonyl (C=O) groups is 3. The first kappa shape index (κ1) is 19.6. The highest BCUT2D eigenvalue weighted by Crippen LogP contribution is 2.37. The number of hydroxylamine groups is 2. The van der Waals surface area contributed by atoms with Crippen LogP contribution >= 0.6 is 0 Å². The lowest BCUT2D eigenvalue weighted by atomic mass is 9.72. The largest absolute Gasteiger partial charge is 0.336 e. The molecule has 21 heavy (non-hydrogen) atoms. The summed E-state index contributed by atoms with van der Waals surface area (Å²) in [6.45, 7) is 14.8. The van der Waals surface area contributed by atoms with Gasteiger partial charge in [0.25, 0.3) is 11.8 Å². The number of hydrogen-bond donors (Lipinski definition) is 0. The molecule has 0 saturated carbocycles. The first-order chi connectivity index (χ1) is 9.29. The van der Waals surface area contributed by atoms with Crippen LogP contribution in [-0.4, -0.2) is 22.8 Å². The number of amides is 2. The molecule has 0 aromatic carbocycles. The molecular weight excluding hydrogens is 270 g/mol. The molecule has 1 unspecified atom stereocenters. The monoisotopic (exact) mass is 299 g/mol. The second kappa shape index (κ2) is 7.05. The summed E-state index contributed by atoms with van der Waals surface area (Å²) in [5.41, 5.74) is -0.380. The van der Waals surface area contributed by atoms with Gasteiger partial charge >= 0.3 is 5.97 Å². The molecule has 0 aromatic rings. The van der Waals surface area contributed by atoms with Crippen molar-refractivity contribution in [2.45, 2.75) is 68.2 Å². The molecule has 0 radical (unpaired) electrons. The summed E-state index contributed by atoms with van der Waals surface area (Å²) in [5.74, 6) is -2.03. The molecule has 0 aliphatic heterocycles. The van der Waals surface area contributed by atoms with Gasteiger partial charge < -0.3 is 4.84 Å². The zero-order valence-electron chi connectivity index (χ0n) is 14.6. The lowest BCUT2D eigenvalue weighted by molar-refractivity contribution is -0.207. The lowest BCUT2D eigenvalue weighted by Gasteiger charge is -2.34. The van der Waals surface area contributed by atoms with E-state index in [4.69, 9.17) is 4.84 Å². The van der Waals surface area contributed by atoms with Crippen LogP contribution in [0.1, 0.15) is 68.2 Å². The van der Waals surface area contributed by atoms with E-state index in [2.05, 4.69) is 0 Å². The van der Waals surface area contributed by atoms with Crippen LogP contribution in [0.4, 0.5) is 0 Å². The van der Waals surface area contributed by atoms with Crippen LogP contribution in [0, 0.1) is 16.7 Å². The maximum atomic E-state index is 12.4. The predicted molar refractivity (Wildman–Crippen MR) is 80.9 cm³/mol. The Morgan fingerprint density at radius 2 is 1.52 bits per heavy atom. The van der Waals surface area contributed by atoms with Crippen LogP contribution in [0.15, 0.2) is 0 Å². The third-order valence-corrected chi connectivity index (χ3v) is 3.14. The molecule has 0 heterocycles. The average molecular weight is 299 g/mol. The summed E-state index contributed by atoms with van der Waals surface area (Å²) in [4.78, 5) is 40.7. The zero-order chi connectivity index (χ0) is 17.0. The Bertz CT molecular complexity index is 401. The molecule has 0 aromatic heterocycles. The van der Waals surface area contributed by atoms with Crippen molar-refractivity contribution >= 4 is 17.8 Å². The molecule has 0 rings (SSSR count). The van der Waals surface area contributed by atoms with Crippen molar-refractivity contribution in [3.63, 3.8) is 0 Å². The first-order valence-corrected chi connectivity index (χ1v) is 7.35. The Morgan fingerprint density at radius 3 is 1.81 bits per heavy atom. The molecule has 0 aliphatic carbocycles. The fourth-order valence-electron chi connectivity index (χ4n) is 1.94. The van der Waals surface area contributed by atoms with Gasteiger partial charge in [-0.15, -0.1) is 5.06 Å². The molecule has 0 saturated heterocycles. The third-order valence-electron chi connectivity index (χ3n) is 3.14. The van der Waals surface area contributed by atoms with Gasteiger partial charge in [-0.1, -0.05) is 48.5 Å². The zero-order valence-corrected chi connectivity index (χ0v) is 14.6. The number of rotatable bonds is 3. The van der Waals surface area contributed by atoms with Crippen molar-refractivity contribution < 1.29 is 19.2 Å². The van der Waals surface area contributed by atoms with Crippen molar-refractivity contribution in [1.29, 1.82) is 0 Å². The van der Waals surface area contributed by atoms with E-state index >= 15 is 0 Å². The maximum absolute atomic E-state index is 12.4. The third kappa shape index (κ3) is 6.74. The number of imide groups is 1. The van der Waals surface area contributed by atoms with E-state index in [1.165, 1.54) is 6.92 Å². The molecular formula is C16H29NO4. The quantitative estimate of drug-likeness (QED) is 0.750. The van der Waals surface area contributed by atoms with Gasteiger partial charge in [0.1, 0.15) is 0 Å². The Morgan fingerprint density at radius 1 is 1.05 bits per heavy atom.